The molecule has 10 heterocycles. The van der Waals surface area contributed by atoms with Gasteiger partial charge in [0.2, 0.25) is 5.95 Å². The summed E-state index contributed by atoms with van der Waals surface area (Å²) in [5.41, 5.74) is 9.04. The highest BCUT2D eigenvalue weighted by Gasteiger charge is 2.10. The number of para-hydroxylation sites is 1. The van der Waals surface area contributed by atoms with Gasteiger partial charge in [0.15, 0.2) is 11.3 Å². The molecule has 0 spiro atoms. The zero-order valence-electron chi connectivity index (χ0n) is 35.9. The van der Waals surface area contributed by atoms with Gasteiger partial charge in [-0.1, -0.05) is 56.0 Å². The summed E-state index contributed by atoms with van der Waals surface area (Å²) in [6.07, 6.45) is 11.3. The van der Waals surface area contributed by atoms with Crippen molar-refractivity contribution >= 4 is 91.9 Å². The minimum atomic E-state index is -0.459. The molecule has 1 fully saturated rings. The molecule has 1 saturated heterocycles. The first-order valence-electron chi connectivity index (χ1n) is 20.6. The predicted octanol–water partition coefficient (Wildman–Crippen LogP) is 9.75. The number of carbonyl (C=O) groups is 1. The molecule has 0 amide bonds. The van der Waals surface area contributed by atoms with Crippen LogP contribution in [-0.4, -0.2) is 77.1 Å². The molecule has 1 aromatic carbocycles. The lowest BCUT2D eigenvalue weighted by Crippen LogP contribution is -2.22. The maximum Gasteiger partial charge on any atom is 0.351 e. The van der Waals surface area contributed by atoms with E-state index < -0.39 is 5.95 Å². The van der Waals surface area contributed by atoms with Crippen molar-refractivity contribution in [3.63, 3.8) is 0 Å². The number of imidazole rings is 1. The number of benzene rings is 1. The lowest BCUT2D eigenvalue weighted by Gasteiger charge is -2.02. The van der Waals surface area contributed by atoms with Gasteiger partial charge in [-0.2, -0.15) is 9.49 Å². The van der Waals surface area contributed by atoms with Crippen LogP contribution in [-0.2, 0) is 24.2 Å². The zero-order chi connectivity index (χ0) is 48.3. The molecule has 69 heavy (non-hydrogen) atoms. The molecule has 17 nitrogen and oxygen atoms in total. The van der Waals surface area contributed by atoms with E-state index in [9.17, 15) is 18.8 Å². The van der Waals surface area contributed by atoms with Crippen molar-refractivity contribution in [2.75, 3.05) is 13.2 Å². The Bertz CT molecular complexity index is 3200. The summed E-state index contributed by atoms with van der Waals surface area (Å²) in [7, 11) is 0. The molecule has 0 atom stereocenters. The predicted molar refractivity (Wildman–Crippen MR) is 277 cm³/mol. The fraction of sp³-hybridized carbons (Fsp3) is 0.170. The van der Waals surface area contributed by atoms with E-state index >= 15 is 0 Å². The van der Waals surface area contributed by atoms with Gasteiger partial charge in [-0.05, 0) is 149 Å². The number of rotatable bonds is 4. The van der Waals surface area contributed by atoms with Crippen molar-refractivity contribution in [3.8, 4) is 0 Å². The summed E-state index contributed by atoms with van der Waals surface area (Å²) in [5, 5.41) is 11.6. The number of hydrogen-bond donors (Lipinski definition) is 2. The monoisotopic (exact) mass is 1190 g/mol. The van der Waals surface area contributed by atoms with Gasteiger partial charge in [0.05, 0.1) is 27.0 Å². The van der Waals surface area contributed by atoms with Gasteiger partial charge in [-0.15, -0.1) is 5.10 Å². The molecule has 1 aliphatic rings. The first-order chi connectivity index (χ1) is 33.0. The summed E-state index contributed by atoms with van der Waals surface area (Å²) < 4.78 is 27.1. The van der Waals surface area contributed by atoms with E-state index in [1.165, 1.54) is 43.5 Å². The van der Waals surface area contributed by atoms with Crippen LogP contribution in [0.15, 0.2) is 180 Å². The number of aromatic nitrogens is 12. The number of aromatic amines is 1. The van der Waals surface area contributed by atoms with Crippen LogP contribution in [0.3, 0.4) is 0 Å². The Labute approximate surface area is 428 Å². The van der Waals surface area contributed by atoms with Crippen LogP contribution < -0.4 is 17.1 Å². The SMILES string of the molecule is C.C1CCOC1.Fc1cccc(Br)n1.NCc1cccc(Br)n1.O=C(n1cccc1)n1ccnc1.O=c1[nH]nc2cccc(Br)n12.O=c1n(CCc2ccc3ccccc3n2)nc2cccc(Br)n12. The van der Waals surface area contributed by atoms with E-state index in [0.717, 1.165) is 40.1 Å². The normalized spacial score (nSPS) is 11.3. The van der Waals surface area contributed by atoms with E-state index in [0.29, 0.717) is 44.6 Å². The van der Waals surface area contributed by atoms with Crippen LogP contribution in [0.1, 0.15) is 31.7 Å². The molecule has 22 heteroatoms. The van der Waals surface area contributed by atoms with Gasteiger partial charge in [0.25, 0.3) is 0 Å². The Morgan fingerprint density at radius 3 is 1.94 bits per heavy atom. The number of hydrogen-bond acceptors (Lipinski definition) is 11. The summed E-state index contributed by atoms with van der Waals surface area (Å²) >= 11 is 12.9. The van der Waals surface area contributed by atoms with Gasteiger partial charge in [0.1, 0.15) is 15.5 Å². The van der Waals surface area contributed by atoms with Crippen LogP contribution in [0.4, 0.5) is 9.18 Å². The number of halogens is 5. The van der Waals surface area contributed by atoms with E-state index in [2.05, 4.69) is 105 Å². The van der Waals surface area contributed by atoms with Gasteiger partial charge < -0.3 is 10.5 Å². The molecule has 0 unspecified atom stereocenters. The summed E-state index contributed by atoms with van der Waals surface area (Å²) in [6.45, 7) is 3.00. The number of nitrogens with one attached hydrogen (secondary N) is 1. The Morgan fingerprint density at radius 2 is 1.36 bits per heavy atom. The first-order valence-corrected chi connectivity index (χ1v) is 23.8. The molecule has 0 bridgehead atoms. The van der Waals surface area contributed by atoms with E-state index in [1.54, 1.807) is 65.6 Å². The topological polar surface area (TPSA) is 203 Å². The number of carbonyl (C=O) groups excluding carboxylic acids is 1. The Hall–Kier alpha value is -6.30. The van der Waals surface area contributed by atoms with Crippen LogP contribution in [0.2, 0.25) is 0 Å². The zero-order valence-corrected chi connectivity index (χ0v) is 42.2. The third-order valence-electron chi connectivity index (χ3n) is 9.22. The quantitative estimate of drug-likeness (QED) is 0.159. The number of ether oxygens (including phenoxy) is 1. The number of fused-ring (bicyclic) bond motifs is 3. The minimum absolute atomic E-state index is 0. The lowest BCUT2D eigenvalue weighted by atomic mass is 10.2. The van der Waals surface area contributed by atoms with E-state index in [-0.39, 0.29) is 24.8 Å². The molecule has 0 saturated carbocycles. The minimum Gasteiger partial charge on any atom is -0.381 e. The Balaban J connectivity index is 0.000000165. The van der Waals surface area contributed by atoms with E-state index in [4.69, 9.17) is 10.5 Å². The van der Waals surface area contributed by atoms with Crippen LogP contribution in [0, 0.1) is 5.95 Å². The molecule has 0 radical (unpaired) electrons. The fourth-order valence-corrected chi connectivity index (χ4v) is 7.66. The standard InChI is InChI=1S/C17H13BrN4O.C8H7N3O.C6H4BrN3O.C6H7BrN2.C5H3BrFN.C4H8O.CH4/c18-15-6-3-7-16-20-21(17(23)22(15)16)11-10-13-9-8-12-4-1-2-5-14(12)19-13;12-8(10-4-1-2-5-10)11-6-3-9-7-11;7-4-2-1-3-5-8-9-6(11)10(4)5;7-6-3-1-2-5(4-8)9-6;6-4-2-1-3-5(7)8-4;1-2-4-5-3-1;/h1-9H,10-11H2;1-7H;1-3H,(H,9,11);1-3H,4,8H2;1-3H;1-4H2;1H4. The second-order valence-corrected chi connectivity index (χ2v) is 17.2. The van der Waals surface area contributed by atoms with Crippen LogP contribution in [0.5, 0.6) is 0 Å². The molecule has 358 valence electrons. The summed E-state index contributed by atoms with van der Waals surface area (Å²) in [6, 6.07) is 36.6. The van der Waals surface area contributed by atoms with Crippen molar-refractivity contribution in [1.29, 1.82) is 0 Å². The molecular formula is C47H46Br4FN13O4. The van der Waals surface area contributed by atoms with Crippen molar-refractivity contribution in [2.24, 2.45) is 5.73 Å². The van der Waals surface area contributed by atoms with Crippen molar-refractivity contribution in [2.45, 2.75) is 39.8 Å². The largest absolute Gasteiger partial charge is 0.381 e. The molecule has 1 aliphatic heterocycles. The van der Waals surface area contributed by atoms with Crippen molar-refractivity contribution < 1.29 is 13.9 Å². The third-order valence-corrected chi connectivity index (χ3v) is 11.3. The van der Waals surface area contributed by atoms with Gasteiger partial charge >= 0.3 is 17.4 Å². The lowest BCUT2D eigenvalue weighted by molar-refractivity contribution is 0.198. The van der Waals surface area contributed by atoms with E-state index in [1.807, 2.05) is 72.8 Å². The molecule has 11 rings (SSSR count). The van der Waals surface area contributed by atoms with Crippen molar-refractivity contribution in [1.82, 2.24) is 57.8 Å². The second kappa shape index (κ2) is 27.6. The van der Waals surface area contributed by atoms with Crippen LogP contribution in [0.25, 0.3) is 22.2 Å². The highest BCUT2D eigenvalue weighted by atomic mass is 79.9. The Morgan fingerprint density at radius 1 is 0.696 bits per heavy atom. The number of nitrogens with zero attached hydrogens (tertiary/aromatic N) is 11. The average Bonchev–Trinajstić information content (AvgIpc) is 4.22. The number of aryl methyl sites for hydroxylation is 2. The first kappa shape index (κ1) is 53.7. The highest BCUT2D eigenvalue weighted by Crippen LogP contribution is 2.14. The van der Waals surface area contributed by atoms with Crippen LogP contribution >= 0.6 is 63.7 Å². The fourth-order valence-electron chi connectivity index (χ4n) is 5.98. The summed E-state index contributed by atoms with van der Waals surface area (Å²) in [5.74, 6) is -0.459. The smallest absolute Gasteiger partial charge is 0.351 e. The molecule has 9 aromatic heterocycles. The third kappa shape index (κ3) is 16.1. The highest BCUT2D eigenvalue weighted by molar-refractivity contribution is 9.11. The second-order valence-electron chi connectivity index (χ2n) is 14.0. The number of H-pyrrole nitrogens is 1. The maximum atomic E-state index is 12.4. The molecular weight excluding hydrogens is 1150 g/mol. The van der Waals surface area contributed by atoms with Crippen molar-refractivity contribution in [3.05, 3.63) is 209 Å². The Kier molecular flexibility index (Phi) is 21.5. The number of pyridine rings is 5. The van der Waals surface area contributed by atoms with Gasteiger partial charge in [-0.3, -0.25) is 14.1 Å². The maximum absolute atomic E-state index is 12.4. The molecule has 3 N–H and O–H groups in total. The summed E-state index contributed by atoms with van der Waals surface area (Å²) in [4.78, 5) is 50.8. The average molecular weight is 1200 g/mol. The molecule has 10 aromatic rings. The van der Waals surface area contributed by atoms with Gasteiger partial charge in [-0.25, -0.2) is 47.9 Å². The molecule has 0 aliphatic carbocycles. The number of nitrogens with two attached hydrogens (primary N) is 1. The van der Waals surface area contributed by atoms with Gasteiger partial charge in [0, 0.05) is 62.0 Å².